The number of ether oxygens (including phenoxy) is 2. The average molecular weight is 529 g/mol. The fourth-order valence-corrected chi connectivity index (χ4v) is 8.32. The molecule has 0 amide bonds. The number of nitrogens with zero attached hydrogens (tertiary/aromatic N) is 2. The molecule has 0 saturated heterocycles. The molecule has 0 aromatic carbocycles. The zero-order valence-electron chi connectivity index (χ0n) is 22.9. The zero-order valence-corrected chi connectivity index (χ0v) is 22.9. The van der Waals surface area contributed by atoms with Crippen LogP contribution in [0.2, 0.25) is 0 Å². The maximum atomic E-state index is 12.7. The van der Waals surface area contributed by atoms with Crippen molar-refractivity contribution in [3.63, 3.8) is 0 Å². The monoisotopic (exact) mass is 528 g/mol. The molecule has 210 valence electrons. The third-order valence-corrected chi connectivity index (χ3v) is 10.7. The van der Waals surface area contributed by atoms with Crippen molar-refractivity contribution in [3.05, 3.63) is 0 Å². The number of hydrogen-bond acceptors (Lipinski definition) is 8. The van der Waals surface area contributed by atoms with Crippen molar-refractivity contribution in [3.8, 4) is 0 Å². The van der Waals surface area contributed by atoms with E-state index in [1.165, 1.54) is 0 Å². The van der Waals surface area contributed by atoms with Crippen LogP contribution in [-0.4, -0.2) is 57.2 Å². The number of cyclic esters (lactones) is 2. The van der Waals surface area contributed by atoms with Gasteiger partial charge in [0.2, 0.25) is 0 Å². The fraction of sp³-hybridized carbons (Fsp3) is 0.867. The van der Waals surface area contributed by atoms with Crippen LogP contribution >= 0.6 is 0 Å². The van der Waals surface area contributed by atoms with Crippen molar-refractivity contribution in [2.45, 2.75) is 127 Å². The highest BCUT2D eigenvalue weighted by Gasteiger charge is 2.47. The molecule has 0 bridgehead atoms. The first kappa shape index (κ1) is 26.4. The van der Waals surface area contributed by atoms with Crippen LogP contribution in [-0.2, 0) is 19.1 Å². The first-order valence-corrected chi connectivity index (χ1v) is 15.1. The molecule has 4 fully saturated rings. The fourth-order valence-electron chi connectivity index (χ4n) is 8.32. The summed E-state index contributed by atoms with van der Waals surface area (Å²) in [6.07, 6.45) is 12.1. The smallest absolute Gasteiger partial charge is 0.317 e. The second kappa shape index (κ2) is 9.99. The lowest BCUT2D eigenvalue weighted by atomic mass is 9.69. The third kappa shape index (κ3) is 5.32. The maximum Gasteiger partial charge on any atom is 0.317 e. The van der Waals surface area contributed by atoms with Gasteiger partial charge in [-0.1, -0.05) is 0 Å². The quantitative estimate of drug-likeness (QED) is 0.526. The van der Waals surface area contributed by atoms with Crippen molar-refractivity contribution in [2.75, 3.05) is 0 Å². The molecule has 0 aromatic heterocycles. The molecule has 6 aliphatic rings. The molecule has 6 unspecified atom stereocenters. The van der Waals surface area contributed by atoms with Crippen molar-refractivity contribution in [1.82, 2.24) is 0 Å². The van der Waals surface area contributed by atoms with Crippen molar-refractivity contribution < 1.29 is 29.3 Å². The largest absolute Gasteiger partial charge is 0.411 e. The molecular formula is C30H44N2O6. The molecule has 38 heavy (non-hydrogen) atoms. The van der Waals surface area contributed by atoms with E-state index in [0.717, 1.165) is 51.4 Å². The third-order valence-electron chi connectivity index (χ3n) is 10.7. The van der Waals surface area contributed by atoms with E-state index in [0.29, 0.717) is 62.2 Å². The highest BCUT2D eigenvalue weighted by molar-refractivity contribution is 5.94. The molecule has 2 aliphatic heterocycles. The summed E-state index contributed by atoms with van der Waals surface area (Å²) in [7, 11) is 0. The molecule has 0 aromatic rings. The molecule has 4 aliphatic carbocycles. The molecule has 0 spiro atoms. The molecular weight excluding hydrogens is 484 g/mol. The Morgan fingerprint density at radius 3 is 1.37 bits per heavy atom. The lowest BCUT2D eigenvalue weighted by Gasteiger charge is -2.42. The number of fused-ring (bicyclic) bond motifs is 2. The summed E-state index contributed by atoms with van der Waals surface area (Å²) < 4.78 is 11.5. The van der Waals surface area contributed by atoms with Gasteiger partial charge in [-0.05, 0) is 116 Å². The Morgan fingerprint density at radius 1 is 0.632 bits per heavy atom. The van der Waals surface area contributed by atoms with E-state index in [2.05, 4.69) is 0 Å². The number of carbonyl (C=O) groups is 2. The average Bonchev–Trinajstić information content (AvgIpc) is 2.87. The predicted octanol–water partition coefficient (Wildman–Crippen LogP) is 4.35. The number of carbonyl (C=O) groups excluding carboxylic acids is 2. The summed E-state index contributed by atoms with van der Waals surface area (Å²) in [4.78, 5) is 35.0. The number of rotatable bonds is 3. The van der Waals surface area contributed by atoms with Crippen LogP contribution in [0.5, 0.6) is 0 Å². The summed E-state index contributed by atoms with van der Waals surface area (Å²) in [5.74, 6) is 2.30. The van der Waals surface area contributed by atoms with Crippen LogP contribution < -0.4 is 0 Å². The van der Waals surface area contributed by atoms with E-state index >= 15 is 0 Å². The highest BCUT2D eigenvalue weighted by Crippen LogP contribution is 2.45. The normalized spacial score (nSPS) is 47.6. The lowest BCUT2D eigenvalue weighted by Crippen LogP contribution is -2.47. The van der Waals surface area contributed by atoms with E-state index in [4.69, 9.17) is 19.5 Å². The first-order valence-electron chi connectivity index (χ1n) is 15.1. The van der Waals surface area contributed by atoms with Crippen LogP contribution in [0, 0.1) is 35.5 Å². The molecule has 6 atom stereocenters. The molecule has 2 heterocycles. The SMILES string of the molecule is CC1(O)CCC2C(=O)OC(C3CCC(C4CCC(C5=NC6CC(C)(O)CCC6C(=O)O5)CC4)CC3)=NC2C1. The van der Waals surface area contributed by atoms with Crippen LogP contribution in [0.1, 0.15) is 104 Å². The Morgan fingerprint density at radius 2 is 1.00 bits per heavy atom. The Balaban J connectivity index is 1.02. The second-order valence-electron chi connectivity index (χ2n) is 13.8. The number of aliphatic imine (C=N–C) groups is 2. The minimum Gasteiger partial charge on any atom is -0.411 e. The van der Waals surface area contributed by atoms with Gasteiger partial charge in [0, 0.05) is 11.8 Å². The number of aliphatic hydroxyl groups is 2. The Hall–Kier alpha value is -1.80. The van der Waals surface area contributed by atoms with Crippen molar-refractivity contribution in [1.29, 1.82) is 0 Å². The molecule has 4 saturated carbocycles. The van der Waals surface area contributed by atoms with Gasteiger partial charge in [0.1, 0.15) is 0 Å². The van der Waals surface area contributed by atoms with E-state index < -0.39 is 11.2 Å². The van der Waals surface area contributed by atoms with Crippen LogP contribution in [0.4, 0.5) is 0 Å². The number of hydrogen-bond donors (Lipinski definition) is 2. The summed E-state index contributed by atoms with van der Waals surface area (Å²) >= 11 is 0. The van der Waals surface area contributed by atoms with Crippen LogP contribution in [0.3, 0.4) is 0 Å². The minimum absolute atomic E-state index is 0.144. The van der Waals surface area contributed by atoms with Gasteiger partial charge < -0.3 is 19.7 Å². The van der Waals surface area contributed by atoms with Gasteiger partial charge in [-0.3, -0.25) is 19.6 Å². The Bertz CT molecular complexity index is 922. The van der Waals surface area contributed by atoms with Gasteiger partial charge in [0.15, 0.2) is 11.8 Å². The zero-order chi connectivity index (χ0) is 26.7. The minimum atomic E-state index is -0.747. The van der Waals surface area contributed by atoms with Gasteiger partial charge in [-0.2, -0.15) is 0 Å². The van der Waals surface area contributed by atoms with Gasteiger partial charge in [0.25, 0.3) is 0 Å². The maximum absolute atomic E-state index is 12.7. The van der Waals surface area contributed by atoms with E-state index in [9.17, 15) is 19.8 Å². The summed E-state index contributed by atoms with van der Waals surface area (Å²) in [6, 6.07) is -0.287. The summed E-state index contributed by atoms with van der Waals surface area (Å²) in [5.41, 5.74) is -1.49. The van der Waals surface area contributed by atoms with E-state index in [-0.39, 0.29) is 47.7 Å². The standard InChI is InChI=1S/C30H44N2O6/c1-29(35)13-11-21-23(15-29)31-25(37-27(21)33)19-7-3-17(4-8-19)18-5-9-20(10-6-18)26-32-24-16-30(2,36)14-12-22(24)28(34)38-26/h17-24,35-36H,3-16H2,1-2H3. The van der Waals surface area contributed by atoms with Crippen molar-refractivity contribution >= 4 is 23.7 Å². The Kier molecular flexibility index (Phi) is 6.95. The molecule has 8 heteroatoms. The molecule has 2 N–H and O–H groups in total. The van der Waals surface area contributed by atoms with Gasteiger partial charge in [-0.25, -0.2) is 0 Å². The van der Waals surface area contributed by atoms with Gasteiger partial charge >= 0.3 is 11.9 Å². The lowest BCUT2D eigenvalue weighted by molar-refractivity contribution is -0.147. The van der Waals surface area contributed by atoms with Crippen molar-refractivity contribution in [2.24, 2.45) is 45.5 Å². The predicted molar refractivity (Wildman–Crippen MR) is 141 cm³/mol. The van der Waals surface area contributed by atoms with E-state index in [1.807, 2.05) is 13.8 Å². The Labute approximate surface area is 225 Å². The van der Waals surface area contributed by atoms with Gasteiger partial charge in [-0.15, -0.1) is 0 Å². The molecule has 8 nitrogen and oxygen atoms in total. The second-order valence-corrected chi connectivity index (χ2v) is 13.8. The van der Waals surface area contributed by atoms with Crippen LogP contribution in [0.25, 0.3) is 0 Å². The topological polar surface area (TPSA) is 118 Å². The number of esters is 2. The summed E-state index contributed by atoms with van der Waals surface area (Å²) in [5, 5.41) is 21.0. The first-order chi connectivity index (χ1) is 18.1. The molecule has 0 radical (unpaired) electrons. The highest BCUT2D eigenvalue weighted by atomic mass is 16.6. The van der Waals surface area contributed by atoms with E-state index in [1.54, 1.807) is 0 Å². The summed E-state index contributed by atoms with van der Waals surface area (Å²) in [6.45, 7) is 3.70. The van der Waals surface area contributed by atoms with Gasteiger partial charge in [0.05, 0.1) is 35.1 Å². The molecule has 6 rings (SSSR count). The van der Waals surface area contributed by atoms with Crippen LogP contribution in [0.15, 0.2) is 9.98 Å².